The van der Waals surface area contributed by atoms with Crippen LogP contribution in [-0.2, 0) is 0 Å². The van der Waals surface area contributed by atoms with Gasteiger partial charge in [0.25, 0.3) is 5.91 Å². The van der Waals surface area contributed by atoms with Crippen LogP contribution >= 0.6 is 0 Å². The van der Waals surface area contributed by atoms with Crippen molar-refractivity contribution in [1.82, 2.24) is 5.32 Å². The van der Waals surface area contributed by atoms with Crippen molar-refractivity contribution in [3.05, 3.63) is 59.8 Å². The largest absolute Gasteiger partial charge is 0.466 e. The number of hydrogen-bond donors (Lipinski definition) is 1. The van der Waals surface area contributed by atoms with Crippen LogP contribution in [0.25, 0.3) is 0 Å². The minimum Gasteiger partial charge on any atom is -0.466 e. The van der Waals surface area contributed by atoms with Crippen molar-refractivity contribution in [2.45, 2.75) is 6.04 Å². The van der Waals surface area contributed by atoms with Gasteiger partial charge in [-0.2, -0.15) is 5.26 Å². The Morgan fingerprint density at radius 2 is 2.22 bits per heavy atom. The molecule has 0 bridgehead atoms. The van der Waals surface area contributed by atoms with E-state index in [1.54, 1.807) is 12.1 Å². The lowest BCUT2D eigenvalue weighted by molar-refractivity contribution is 0.0941. The highest BCUT2D eigenvalue weighted by molar-refractivity contribution is 5.94. The Bertz CT molecular complexity index is 587. The van der Waals surface area contributed by atoms with E-state index in [4.69, 9.17) is 9.68 Å². The van der Waals surface area contributed by atoms with Gasteiger partial charge in [-0.15, -0.1) is 0 Å². The third-order valence-corrected chi connectivity index (χ3v) is 2.32. The lowest BCUT2D eigenvalue weighted by atomic mass is 10.2. The van der Waals surface area contributed by atoms with Crippen molar-refractivity contribution in [2.75, 3.05) is 0 Å². The molecular weight excluding hydrogens is 235 g/mol. The monoisotopic (exact) mass is 244 g/mol. The maximum atomic E-state index is 13.0. The van der Waals surface area contributed by atoms with Crippen LogP contribution < -0.4 is 5.32 Å². The number of nitriles is 1. The van der Waals surface area contributed by atoms with Crippen molar-refractivity contribution >= 4 is 5.91 Å². The molecule has 90 valence electrons. The van der Waals surface area contributed by atoms with E-state index in [2.05, 4.69) is 5.32 Å². The number of benzene rings is 1. The minimum atomic E-state index is -0.893. The molecule has 0 saturated carbocycles. The van der Waals surface area contributed by atoms with E-state index in [-0.39, 0.29) is 5.56 Å². The molecule has 0 radical (unpaired) electrons. The van der Waals surface area contributed by atoms with Crippen LogP contribution in [0.5, 0.6) is 0 Å². The number of furan rings is 1. The second-order valence-corrected chi connectivity index (χ2v) is 3.56. The normalized spacial score (nSPS) is 11.6. The molecule has 1 N–H and O–H groups in total. The topological polar surface area (TPSA) is 66.0 Å². The zero-order valence-corrected chi connectivity index (χ0v) is 9.26. The van der Waals surface area contributed by atoms with Gasteiger partial charge in [-0.05, 0) is 30.3 Å². The Labute approximate surface area is 103 Å². The molecule has 2 aromatic rings. The summed E-state index contributed by atoms with van der Waals surface area (Å²) in [5, 5.41) is 11.4. The summed E-state index contributed by atoms with van der Waals surface area (Å²) in [6.07, 6.45) is 1.41. The molecular formula is C13H9FN2O2. The smallest absolute Gasteiger partial charge is 0.252 e. The number of nitrogens with zero attached hydrogens (tertiary/aromatic N) is 1. The Morgan fingerprint density at radius 1 is 1.39 bits per heavy atom. The van der Waals surface area contributed by atoms with Gasteiger partial charge in [0, 0.05) is 5.56 Å². The molecule has 0 aliphatic heterocycles. The lowest BCUT2D eigenvalue weighted by Gasteiger charge is -2.09. The van der Waals surface area contributed by atoms with Gasteiger partial charge in [0.15, 0.2) is 6.04 Å². The molecule has 1 heterocycles. The fourth-order valence-corrected chi connectivity index (χ4v) is 1.47. The van der Waals surface area contributed by atoms with Crippen LogP contribution in [0.1, 0.15) is 22.2 Å². The first-order chi connectivity index (χ1) is 8.70. The number of amides is 1. The van der Waals surface area contributed by atoms with Crippen LogP contribution in [0, 0.1) is 17.1 Å². The Balaban J connectivity index is 2.14. The highest BCUT2D eigenvalue weighted by Gasteiger charge is 2.17. The molecule has 2 rings (SSSR count). The molecule has 1 aromatic heterocycles. The van der Waals surface area contributed by atoms with Crippen molar-refractivity contribution in [2.24, 2.45) is 0 Å². The summed E-state index contributed by atoms with van der Waals surface area (Å²) in [5.74, 6) is -0.700. The molecule has 5 heteroatoms. The van der Waals surface area contributed by atoms with Crippen LogP contribution in [0.15, 0.2) is 47.1 Å². The molecule has 1 unspecified atom stereocenters. The zero-order valence-electron chi connectivity index (χ0n) is 9.26. The lowest BCUT2D eigenvalue weighted by Crippen LogP contribution is -2.27. The third-order valence-electron chi connectivity index (χ3n) is 2.32. The Hall–Kier alpha value is -2.61. The van der Waals surface area contributed by atoms with Gasteiger partial charge >= 0.3 is 0 Å². The van der Waals surface area contributed by atoms with Gasteiger partial charge < -0.3 is 9.73 Å². The molecule has 0 saturated heterocycles. The average Bonchev–Trinajstić information content (AvgIpc) is 2.89. The molecule has 0 fully saturated rings. The van der Waals surface area contributed by atoms with Gasteiger partial charge in [-0.1, -0.05) is 6.07 Å². The van der Waals surface area contributed by atoms with Gasteiger partial charge in [-0.25, -0.2) is 4.39 Å². The Morgan fingerprint density at radius 3 is 2.83 bits per heavy atom. The van der Waals surface area contributed by atoms with Gasteiger partial charge in [0.05, 0.1) is 12.3 Å². The Kier molecular flexibility index (Phi) is 3.39. The molecule has 18 heavy (non-hydrogen) atoms. The summed E-state index contributed by atoms with van der Waals surface area (Å²) < 4.78 is 18.0. The van der Waals surface area contributed by atoms with Crippen molar-refractivity contribution in [1.29, 1.82) is 5.26 Å². The average molecular weight is 244 g/mol. The van der Waals surface area contributed by atoms with Crippen LogP contribution in [-0.4, -0.2) is 5.91 Å². The number of carbonyl (C=O) groups excluding carboxylic acids is 1. The maximum absolute atomic E-state index is 13.0. The third kappa shape index (κ3) is 2.55. The van der Waals surface area contributed by atoms with Crippen molar-refractivity contribution < 1.29 is 13.6 Å². The standard InChI is InChI=1S/C13H9FN2O2/c14-10-4-1-3-9(7-10)13(17)16-11(8-15)12-5-2-6-18-12/h1-7,11H,(H,16,17). The molecule has 1 aromatic carbocycles. The predicted molar refractivity (Wildman–Crippen MR) is 60.9 cm³/mol. The first-order valence-electron chi connectivity index (χ1n) is 5.20. The minimum absolute atomic E-state index is 0.154. The molecule has 4 nitrogen and oxygen atoms in total. The fraction of sp³-hybridized carbons (Fsp3) is 0.0769. The SMILES string of the molecule is N#CC(NC(=O)c1cccc(F)c1)c1ccco1. The second-order valence-electron chi connectivity index (χ2n) is 3.56. The number of nitrogens with one attached hydrogen (secondary N) is 1. The van der Waals surface area contributed by atoms with E-state index in [1.807, 2.05) is 6.07 Å². The summed E-state index contributed by atoms with van der Waals surface area (Å²) in [7, 11) is 0. The number of halogens is 1. The molecule has 0 aliphatic carbocycles. The van der Waals surface area contributed by atoms with E-state index in [0.29, 0.717) is 5.76 Å². The highest BCUT2D eigenvalue weighted by atomic mass is 19.1. The summed E-state index contributed by atoms with van der Waals surface area (Å²) >= 11 is 0. The summed E-state index contributed by atoms with van der Waals surface area (Å²) in [4.78, 5) is 11.8. The van der Waals surface area contributed by atoms with Gasteiger partial charge in [0.2, 0.25) is 0 Å². The van der Waals surface area contributed by atoms with Crippen LogP contribution in [0.4, 0.5) is 4.39 Å². The summed E-state index contributed by atoms with van der Waals surface area (Å²) in [6.45, 7) is 0. The molecule has 1 amide bonds. The fourth-order valence-electron chi connectivity index (χ4n) is 1.47. The molecule has 1 atom stereocenters. The van der Waals surface area contributed by atoms with Gasteiger partial charge in [-0.3, -0.25) is 4.79 Å². The zero-order chi connectivity index (χ0) is 13.0. The van der Waals surface area contributed by atoms with E-state index < -0.39 is 17.8 Å². The first kappa shape index (κ1) is 11.9. The van der Waals surface area contributed by atoms with E-state index in [1.165, 1.54) is 24.5 Å². The van der Waals surface area contributed by atoms with Crippen molar-refractivity contribution in [3.8, 4) is 6.07 Å². The highest BCUT2D eigenvalue weighted by Crippen LogP contribution is 2.13. The molecule has 0 aliphatic rings. The number of rotatable bonds is 3. The quantitative estimate of drug-likeness (QED) is 0.901. The van der Waals surface area contributed by atoms with E-state index in [0.717, 1.165) is 6.07 Å². The predicted octanol–water partition coefficient (Wildman–Crippen LogP) is 2.41. The van der Waals surface area contributed by atoms with Crippen molar-refractivity contribution in [3.63, 3.8) is 0 Å². The number of carbonyl (C=O) groups is 1. The first-order valence-corrected chi connectivity index (χ1v) is 5.20. The van der Waals surface area contributed by atoms with E-state index in [9.17, 15) is 9.18 Å². The summed E-state index contributed by atoms with van der Waals surface area (Å²) in [6, 6.07) is 9.45. The summed E-state index contributed by atoms with van der Waals surface area (Å²) in [5.41, 5.74) is 0.154. The van der Waals surface area contributed by atoms with Crippen LogP contribution in [0.2, 0.25) is 0 Å². The molecule has 0 spiro atoms. The number of hydrogen-bond acceptors (Lipinski definition) is 3. The van der Waals surface area contributed by atoms with Crippen LogP contribution in [0.3, 0.4) is 0 Å². The van der Waals surface area contributed by atoms with Gasteiger partial charge in [0.1, 0.15) is 11.6 Å². The maximum Gasteiger partial charge on any atom is 0.252 e. The second kappa shape index (κ2) is 5.15. The van der Waals surface area contributed by atoms with E-state index >= 15 is 0 Å².